The number of anilines is 1. The van der Waals surface area contributed by atoms with E-state index >= 15 is 0 Å². The van der Waals surface area contributed by atoms with Crippen molar-refractivity contribution < 1.29 is 0 Å². The molecule has 0 atom stereocenters. The average molecular weight is 473 g/mol. The van der Waals surface area contributed by atoms with Gasteiger partial charge in [-0.05, 0) is 13.0 Å². The zero-order valence-electron chi connectivity index (χ0n) is 14.6. The van der Waals surface area contributed by atoms with Gasteiger partial charge >= 0.3 is 0 Å². The van der Waals surface area contributed by atoms with Gasteiger partial charge in [0, 0.05) is 69.7 Å². The Labute approximate surface area is 169 Å². The van der Waals surface area contributed by atoms with E-state index in [2.05, 4.69) is 42.0 Å². The highest BCUT2D eigenvalue weighted by atomic mass is 127. The van der Waals surface area contributed by atoms with Crippen molar-refractivity contribution in [2.75, 3.05) is 44.7 Å². The van der Waals surface area contributed by atoms with Crippen LogP contribution in [-0.4, -0.2) is 65.6 Å². The minimum Gasteiger partial charge on any atom is -0.356 e. The van der Waals surface area contributed by atoms with Crippen LogP contribution >= 0.6 is 35.3 Å². The number of aryl methyl sites for hydroxylation is 1. The van der Waals surface area contributed by atoms with Crippen LogP contribution in [0.3, 0.4) is 0 Å². The molecule has 0 saturated carbocycles. The van der Waals surface area contributed by atoms with E-state index in [-0.39, 0.29) is 24.0 Å². The first-order valence-corrected chi connectivity index (χ1v) is 8.97. The lowest BCUT2D eigenvalue weighted by atomic mass is 10.3. The Kier molecular flexibility index (Phi) is 7.82. The molecule has 9 heteroatoms. The molecule has 0 amide bonds. The van der Waals surface area contributed by atoms with Crippen molar-refractivity contribution in [3.05, 3.63) is 34.5 Å². The summed E-state index contributed by atoms with van der Waals surface area (Å²) in [7, 11) is 1.84. The van der Waals surface area contributed by atoms with Crippen molar-refractivity contribution in [2.45, 2.75) is 13.3 Å². The lowest BCUT2D eigenvalue weighted by molar-refractivity contribution is 0.370. The molecule has 2 aromatic rings. The third kappa shape index (κ3) is 5.50. The number of nitrogens with one attached hydrogen (secondary N) is 1. The summed E-state index contributed by atoms with van der Waals surface area (Å²) >= 11 is 1.76. The zero-order chi connectivity index (χ0) is 16.8. The van der Waals surface area contributed by atoms with Crippen LogP contribution in [0.1, 0.15) is 9.88 Å². The van der Waals surface area contributed by atoms with Gasteiger partial charge in [0.1, 0.15) is 0 Å². The minimum absolute atomic E-state index is 0. The van der Waals surface area contributed by atoms with Crippen molar-refractivity contribution in [2.24, 2.45) is 4.99 Å². The molecule has 1 aliphatic heterocycles. The van der Waals surface area contributed by atoms with Gasteiger partial charge in [0.05, 0.1) is 5.01 Å². The summed E-state index contributed by atoms with van der Waals surface area (Å²) in [5, 5.41) is 4.61. The number of halogens is 1. The van der Waals surface area contributed by atoms with Crippen molar-refractivity contribution in [1.29, 1.82) is 0 Å². The lowest BCUT2D eigenvalue weighted by Gasteiger charge is -2.36. The molecule has 0 bridgehead atoms. The Morgan fingerprint density at radius 2 is 1.92 bits per heavy atom. The molecule has 3 rings (SSSR count). The molecule has 7 nitrogen and oxygen atoms in total. The fourth-order valence-electron chi connectivity index (χ4n) is 2.70. The Hall–Kier alpha value is -1.49. The highest BCUT2D eigenvalue weighted by molar-refractivity contribution is 14.0. The predicted molar refractivity (Wildman–Crippen MR) is 113 cm³/mol. The number of hydrogen-bond acceptors (Lipinski definition) is 6. The first-order chi connectivity index (χ1) is 11.8. The molecule has 25 heavy (non-hydrogen) atoms. The second-order valence-corrected chi connectivity index (χ2v) is 6.93. The minimum atomic E-state index is 0. The number of aromatic nitrogens is 3. The predicted octanol–water partition coefficient (Wildman–Crippen LogP) is 1.80. The molecule has 0 radical (unpaired) electrons. The molecule has 0 spiro atoms. The van der Waals surface area contributed by atoms with Crippen molar-refractivity contribution in [1.82, 2.24) is 25.2 Å². The van der Waals surface area contributed by atoms with Crippen LogP contribution in [0, 0.1) is 6.92 Å². The first kappa shape index (κ1) is 19.8. The summed E-state index contributed by atoms with van der Waals surface area (Å²) in [5.41, 5.74) is 0. The molecule has 3 heterocycles. The number of thiazole rings is 1. The van der Waals surface area contributed by atoms with Gasteiger partial charge in [-0.3, -0.25) is 4.99 Å². The summed E-state index contributed by atoms with van der Waals surface area (Å²) < 4.78 is 0. The monoisotopic (exact) mass is 473 g/mol. The van der Waals surface area contributed by atoms with Crippen LogP contribution in [0.4, 0.5) is 5.95 Å². The third-order valence-electron chi connectivity index (χ3n) is 3.92. The number of aliphatic imine (C=N–C) groups is 1. The Morgan fingerprint density at radius 1 is 1.20 bits per heavy atom. The van der Waals surface area contributed by atoms with Gasteiger partial charge in [-0.2, -0.15) is 0 Å². The third-order valence-corrected chi connectivity index (χ3v) is 4.89. The van der Waals surface area contributed by atoms with E-state index in [1.54, 1.807) is 23.7 Å². The van der Waals surface area contributed by atoms with Crippen molar-refractivity contribution >= 4 is 47.2 Å². The molecule has 136 valence electrons. The molecular weight excluding hydrogens is 449 g/mol. The molecule has 0 unspecified atom stereocenters. The largest absolute Gasteiger partial charge is 0.356 e. The number of guanidine groups is 1. The summed E-state index contributed by atoms with van der Waals surface area (Å²) in [6.07, 6.45) is 6.43. The normalized spacial score (nSPS) is 15.0. The van der Waals surface area contributed by atoms with Crippen LogP contribution in [0.5, 0.6) is 0 Å². The quantitative estimate of drug-likeness (QED) is 0.415. The fourth-order valence-corrected chi connectivity index (χ4v) is 3.49. The highest BCUT2D eigenvalue weighted by Crippen LogP contribution is 2.12. The average Bonchev–Trinajstić information content (AvgIpc) is 3.05. The molecule has 0 aliphatic carbocycles. The van der Waals surface area contributed by atoms with Crippen molar-refractivity contribution in [3.8, 4) is 0 Å². The standard InChI is InChI=1S/C16H23N7S.HI/c1-13-12-21-14(24-13)4-7-20-15(17-2)22-8-10-23(11-9-22)16-18-5-3-6-19-16;/h3,5-6,12H,4,7-11H2,1-2H3,(H,17,20);1H. The Balaban J connectivity index is 0.00000225. The van der Waals surface area contributed by atoms with E-state index in [4.69, 9.17) is 0 Å². The molecule has 1 N–H and O–H groups in total. The van der Waals surface area contributed by atoms with Gasteiger partial charge in [0.2, 0.25) is 5.95 Å². The number of hydrogen-bond donors (Lipinski definition) is 1. The SMILES string of the molecule is CN=C(NCCc1ncc(C)s1)N1CCN(c2ncccn2)CC1.I. The molecule has 0 aromatic carbocycles. The molecule has 1 fully saturated rings. The zero-order valence-corrected chi connectivity index (χ0v) is 17.7. The van der Waals surface area contributed by atoms with Gasteiger partial charge in [-0.15, -0.1) is 35.3 Å². The van der Waals surface area contributed by atoms with Crippen molar-refractivity contribution in [3.63, 3.8) is 0 Å². The maximum absolute atomic E-state index is 4.41. The first-order valence-electron chi connectivity index (χ1n) is 8.15. The van der Waals surface area contributed by atoms with E-state index in [1.165, 1.54) is 9.88 Å². The van der Waals surface area contributed by atoms with E-state index in [0.717, 1.165) is 51.1 Å². The van der Waals surface area contributed by atoms with Gasteiger partial charge in [0.15, 0.2) is 5.96 Å². The highest BCUT2D eigenvalue weighted by Gasteiger charge is 2.20. The number of piperazine rings is 1. The molecule has 1 aliphatic rings. The summed E-state index contributed by atoms with van der Waals surface area (Å²) in [4.78, 5) is 23.2. The molecule has 2 aromatic heterocycles. The van der Waals surface area contributed by atoms with E-state index < -0.39 is 0 Å². The second-order valence-electron chi connectivity index (χ2n) is 5.61. The Morgan fingerprint density at radius 3 is 2.52 bits per heavy atom. The van der Waals surface area contributed by atoms with Crippen LogP contribution in [-0.2, 0) is 6.42 Å². The summed E-state index contributed by atoms with van der Waals surface area (Å²) in [5.74, 6) is 1.76. The topological polar surface area (TPSA) is 69.5 Å². The lowest BCUT2D eigenvalue weighted by Crippen LogP contribution is -2.53. The maximum Gasteiger partial charge on any atom is 0.225 e. The van der Waals surface area contributed by atoms with Gasteiger partial charge in [-0.1, -0.05) is 0 Å². The molecule has 1 saturated heterocycles. The second kappa shape index (κ2) is 9.85. The van der Waals surface area contributed by atoms with Crippen LogP contribution < -0.4 is 10.2 Å². The molecular formula is C16H24IN7S. The van der Waals surface area contributed by atoms with Gasteiger partial charge in [-0.25, -0.2) is 15.0 Å². The maximum atomic E-state index is 4.41. The number of nitrogens with zero attached hydrogens (tertiary/aromatic N) is 6. The van der Waals surface area contributed by atoms with E-state index in [1.807, 2.05) is 19.3 Å². The van der Waals surface area contributed by atoms with Crippen LogP contribution in [0.15, 0.2) is 29.6 Å². The smallest absolute Gasteiger partial charge is 0.225 e. The van der Waals surface area contributed by atoms with E-state index in [0.29, 0.717) is 0 Å². The van der Waals surface area contributed by atoms with Gasteiger partial charge in [0.25, 0.3) is 0 Å². The van der Waals surface area contributed by atoms with Gasteiger partial charge < -0.3 is 15.1 Å². The van der Waals surface area contributed by atoms with Crippen LogP contribution in [0.25, 0.3) is 0 Å². The number of rotatable bonds is 4. The summed E-state index contributed by atoms with van der Waals surface area (Å²) in [6.45, 7) is 6.56. The summed E-state index contributed by atoms with van der Waals surface area (Å²) in [6, 6.07) is 1.84. The van der Waals surface area contributed by atoms with Crippen LogP contribution in [0.2, 0.25) is 0 Å². The van der Waals surface area contributed by atoms with E-state index in [9.17, 15) is 0 Å². The Bertz CT molecular complexity index is 668. The fraction of sp³-hybridized carbons (Fsp3) is 0.500.